The molecule has 37 heavy (non-hydrogen) atoms. The Morgan fingerprint density at radius 3 is 2.81 bits per heavy atom. The number of nitrogens with one attached hydrogen (secondary N) is 1. The maximum Gasteiger partial charge on any atom is 0.409 e. The number of ether oxygens (including phenoxy) is 2. The number of pyridine rings is 1. The van der Waals surface area contributed by atoms with Crippen LogP contribution in [0.2, 0.25) is 10.2 Å². The maximum absolute atomic E-state index is 13.0. The fourth-order valence-corrected chi connectivity index (χ4v) is 5.42. The third-order valence-electron chi connectivity index (χ3n) is 6.93. The molecular weight excluding hydrogens is 517 g/mol. The Bertz CT molecular complexity index is 1150. The van der Waals surface area contributed by atoms with Gasteiger partial charge in [-0.25, -0.2) is 14.8 Å². The minimum absolute atomic E-state index is 0.0151. The number of hydrogen-bond acceptors (Lipinski definition) is 8. The molecule has 2 atom stereocenters. The van der Waals surface area contributed by atoms with Gasteiger partial charge in [0.05, 0.1) is 23.9 Å². The molecule has 200 valence electrons. The van der Waals surface area contributed by atoms with Gasteiger partial charge < -0.3 is 19.7 Å². The van der Waals surface area contributed by atoms with Crippen molar-refractivity contribution in [3.63, 3.8) is 0 Å². The number of amides is 1. The first-order valence-corrected chi connectivity index (χ1v) is 13.3. The molecule has 2 aromatic rings. The predicted octanol–water partition coefficient (Wildman–Crippen LogP) is 5.05. The second-order valence-corrected chi connectivity index (χ2v) is 11.1. The van der Waals surface area contributed by atoms with Crippen molar-refractivity contribution in [1.29, 1.82) is 0 Å². The van der Waals surface area contributed by atoms with Crippen LogP contribution in [0, 0.1) is 11.8 Å². The topological polar surface area (TPSA) is 107 Å². The SMILES string of the molecule is COC(=O)N1CCC[C@H](C(=O)Cc2cc(-c3nc(NC[C@H]4CCOC(C)(C)C4)cnc3Cl)c(Cl)cn2)C1. The molecule has 2 saturated heterocycles. The highest BCUT2D eigenvalue weighted by molar-refractivity contribution is 6.35. The number of likely N-dealkylation sites (tertiary alicyclic amines) is 1. The summed E-state index contributed by atoms with van der Waals surface area (Å²) in [6.45, 7) is 6.64. The zero-order chi connectivity index (χ0) is 26.6. The molecule has 2 aliphatic rings. The van der Waals surface area contributed by atoms with E-state index >= 15 is 0 Å². The zero-order valence-electron chi connectivity index (χ0n) is 21.4. The monoisotopic (exact) mass is 549 g/mol. The molecule has 1 N–H and O–H groups in total. The van der Waals surface area contributed by atoms with Crippen molar-refractivity contribution in [1.82, 2.24) is 19.9 Å². The number of carbonyl (C=O) groups is 2. The molecule has 2 aromatic heterocycles. The summed E-state index contributed by atoms with van der Waals surface area (Å²) in [6, 6.07) is 1.74. The van der Waals surface area contributed by atoms with Gasteiger partial charge in [0.2, 0.25) is 0 Å². The van der Waals surface area contributed by atoms with Crippen molar-refractivity contribution in [2.75, 3.05) is 38.7 Å². The van der Waals surface area contributed by atoms with E-state index in [0.29, 0.717) is 46.8 Å². The molecule has 9 nitrogen and oxygen atoms in total. The minimum atomic E-state index is -0.411. The van der Waals surface area contributed by atoms with E-state index in [9.17, 15) is 9.59 Å². The predicted molar refractivity (Wildman–Crippen MR) is 142 cm³/mol. The molecule has 2 aliphatic heterocycles. The second-order valence-electron chi connectivity index (χ2n) is 10.3. The summed E-state index contributed by atoms with van der Waals surface area (Å²) in [6.07, 6.45) is 6.23. The van der Waals surface area contributed by atoms with Gasteiger partial charge in [0.25, 0.3) is 0 Å². The summed E-state index contributed by atoms with van der Waals surface area (Å²) in [5, 5.41) is 3.95. The zero-order valence-corrected chi connectivity index (χ0v) is 22.9. The summed E-state index contributed by atoms with van der Waals surface area (Å²) in [4.78, 5) is 39.8. The highest BCUT2D eigenvalue weighted by Crippen LogP contribution is 2.33. The molecule has 0 aliphatic carbocycles. The molecule has 2 fully saturated rings. The van der Waals surface area contributed by atoms with Crippen molar-refractivity contribution in [3.05, 3.63) is 34.3 Å². The van der Waals surface area contributed by atoms with Crippen LogP contribution in [0.1, 0.15) is 45.2 Å². The van der Waals surface area contributed by atoms with Crippen molar-refractivity contribution < 1.29 is 19.1 Å². The minimum Gasteiger partial charge on any atom is -0.453 e. The number of halogens is 2. The van der Waals surface area contributed by atoms with Gasteiger partial charge in [-0.15, -0.1) is 0 Å². The lowest BCUT2D eigenvalue weighted by atomic mass is 9.88. The van der Waals surface area contributed by atoms with E-state index in [0.717, 1.165) is 38.8 Å². The van der Waals surface area contributed by atoms with Crippen LogP contribution in [0.3, 0.4) is 0 Å². The Morgan fingerprint density at radius 1 is 1.24 bits per heavy atom. The Kier molecular flexibility index (Phi) is 8.87. The van der Waals surface area contributed by atoms with E-state index in [2.05, 4.69) is 34.1 Å². The molecule has 4 heterocycles. The van der Waals surface area contributed by atoms with Gasteiger partial charge in [-0.1, -0.05) is 23.2 Å². The van der Waals surface area contributed by atoms with E-state index in [1.54, 1.807) is 17.2 Å². The Labute approximate surface area is 227 Å². The standard InChI is InChI=1S/C26H33Cl2N5O4/c1-26(2)11-16(6-8-37-26)12-30-22-14-31-24(28)23(32-22)19-9-18(29-13-20(19)27)10-21(34)17-5-4-7-33(15-17)25(35)36-3/h9,13-14,16-17H,4-8,10-12,15H2,1-3H3,(H,30,32)/t16-,17-/m0/s1. The third kappa shape index (κ3) is 7.09. The Hall–Kier alpha value is -2.49. The smallest absolute Gasteiger partial charge is 0.409 e. The first-order valence-electron chi connectivity index (χ1n) is 12.6. The molecule has 0 saturated carbocycles. The molecule has 0 radical (unpaired) electrons. The van der Waals surface area contributed by atoms with Crippen LogP contribution in [0.5, 0.6) is 0 Å². The van der Waals surface area contributed by atoms with E-state index in [4.69, 9.17) is 32.7 Å². The van der Waals surface area contributed by atoms with Crippen molar-refractivity contribution >= 4 is 40.9 Å². The second kappa shape index (κ2) is 11.9. The maximum atomic E-state index is 13.0. The number of methoxy groups -OCH3 is 1. The van der Waals surface area contributed by atoms with Crippen LogP contribution in [0.25, 0.3) is 11.3 Å². The molecule has 0 aromatic carbocycles. The quantitative estimate of drug-likeness (QED) is 0.511. The lowest BCUT2D eigenvalue weighted by molar-refractivity contribution is -0.123. The number of hydrogen-bond donors (Lipinski definition) is 1. The van der Waals surface area contributed by atoms with Crippen LogP contribution in [-0.2, 0) is 20.7 Å². The number of ketones is 1. The fraction of sp³-hybridized carbons (Fsp3) is 0.577. The molecular formula is C26H33Cl2N5O4. The molecule has 0 spiro atoms. The molecule has 0 unspecified atom stereocenters. The normalized spacial score (nSPS) is 21.4. The number of Topliss-reactive ketones (excluding diaryl/α,β-unsaturated/α-hetero) is 1. The van der Waals surface area contributed by atoms with Gasteiger partial charge in [0, 0.05) is 56.0 Å². The summed E-state index contributed by atoms with van der Waals surface area (Å²) in [7, 11) is 1.34. The van der Waals surface area contributed by atoms with E-state index in [1.807, 2.05) is 0 Å². The number of anilines is 1. The average Bonchev–Trinajstić information content (AvgIpc) is 2.88. The van der Waals surface area contributed by atoms with E-state index in [1.165, 1.54) is 13.3 Å². The number of aromatic nitrogens is 3. The van der Waals surface area contributed by atoms with E-state index < -0.39 is 6.09 Å². The van der Waals surface area contributed by atoms with Crippen molar-refractivity contribution in [2.24, 2.45) is 11.8 Å². The largest absolute Gasteiger partial charge is 0.453 e. The summed E-state index contributed by atoms with van der Waals surface area (Å²) in [5.74, 6) is 0.808. The van der Waals surface area contributed by atoms with Crippen LogP contribution in [0.4, 0.5) is 10.6 Å². The number of piperidine rings is 1. The Morgan fingerprint density at radius 2 is 2.05 bits per heavy atom. The molecule has 1 amide bonds. The van der Waals surface area contributed by atoms with Crippen molar-refractivity contribution in [2.45, 2.75) is 51.6 Å². The van der Waals surface area contributed by atoms with Crippen LogP contribution < -0.4 is 5.32 Å². The van der Waals surface area contributed by atoms with Gasteiger partial charge in [-0.2, -0.15) is 0 Å². The summed E-state index contributed by atoms with van der Waals surface area (Å²) >= 11 is 12.9. The molecule has 0 bridgehead atoms. The van der Waals surface area contributed by atoms with Gasteiger partial charge in [-0.3, -0.25) is 9.78 Å². The highest BCUT2D eigenvalue weighted by atomic mass is 35.5. The van der Waals surface area contributed by atoms with Crippen LogP contribution >= 0.6 is 23.2 Å². The number of rotatable bonds is 7. The average molecular weight is 550 g/mol. The lowest BCUT2D eigenvalue weighted by Gasteiger charge is -2.35. The Balaban J connectivity index is 1.46. The third-order valence-corrected chi connectivity index (χ3v) is 7.51. The highest BCUT2D eigenvalue weighted by Gasteiger charge is 2.30. The molecule has 11 heteroatoms. The first kappa shape index (κ1) is 27.5. The summed E-state index contributed by atoms with van der Waals surface area (Å²) in [5.41, 5.74) is 1.41. The van der Waals surface area contributed by atoms with E-state index in [-0.39, 0.29) is 28.9 Å². The van der Waals surface area contributed by atoms with Gasteiger partial charge in [0.15, 0.2) is 5.15 Å². The lowest BCUT2D eigenvalue weighted by Crippen LogP contribution is -2.42. The summed E-state index contributed by atoms with van der Waals surface area (Å²) < 4.78 is 10.6. The van der Waals surface area contributed by atoms with Gasteiger partial charge >= 0.3 is 6.09 Å². The first-order chi connectivity index (χ1) is 17.6. The number of carbonyl (C=O) groups excluding carboxylic acids is 2. The van der Waals surface area contributed by atoms with Crippen LogP contribution in [-0.4, -0.2) is 70.7 Å². The van der Waals surface area contributed by atoms with Gasteiger partial charge in [-0.05, 0) is 51.5 Å². The fourth-order valence-electron chi connectivity index (χ4n) is 5.03. The van der Waals surface area contributed by atoms with Gasteiger partial charge in [0.1, 0.15) is 17.3 Å². The van der Waals surface area contributed by atoms with Crippen molar-refractivity contribution in [3.8, 4) is 11.3 Å². The number of nitrogens with zero attached hydrogens (tertiary/aromatic N) is 4. The molecule has 4 rings (SSSR count). The van der Waals surface area contributed by atoms with Crippen LogP contribution in [0.15, 0.2) is 18.5 Å².